The SMILES string of the molecule is N[C@@H]1CN(S(=O)(=O)c2cc3c(cc2F)NC(=O)CC3)C[C@H]1c1ccccc1. The lowest BCUT2D eigenvalue weighted by atomic mass is 9.95. The molecule has 3 N–H and O–H groups in total. The predicted octanol–water partition coefficient (Wildman–Crippen LogP) is 1.83. The van der Waals surface area contributed by atoms with Gasteiger partial charge in [-0.25, -0.2) is 12.8 Å². The summed E-state index contributed by atoms with van der Waals surface area (Å²) in [4.78, 5) is 11.1. The van der Waals surface area contributed by atoms with Crippen molar-refractivity contribution in [2.75, 3.05) is 18.4 Å². The Hall–Kier alpha value is -2.29. The lowest BCUT2D eigenvalue weighted by Crippen LogP contribution is -2.33. The number of aryl methyl sites for hydroxylation is 1. The zero-order valence-electron chi connectivity index (χ0n) is 14.6. The summed E-state index contributed by atoms with van der Waals surface area (Å²) >= 11 is 0. The Morgan fingerprint density at radius 3 is 2.59 bits per heavy atom. The fraction of sp³-hybridized carbons (Fsp3) is 0.316. The molecule has 27 heavy (non-hydrogen) atoms. The third-order valence-electron chi connectivity index (χ3n) is 5.23. The minimum absolute atomic E-state index is 0.134. The van der Waals surface area contributed by atoms with Crippen LogP contribution in [0.25, 0.3) is 0 Å². The second-order valence-corrected chi connectivity index (χ2v) is 8.90. The van der Waals surface area contributed by atoms with Crippen LogP contribution in [-0.2, 0) is 21.2 Å². The van der Waals surface area contributed by atoms with Crippen molar-refractivity contribution in [2.24, 2.45) is 5.73 Å². The lowest BCUT2D eigenvalue weighted by Gasteiger charge is -2.21. The Morgan fingerprint density at radius 1 is 1.11 bits per heavy atom. The normalized spacial score (nSPS) is 23.1. The monoisotopic (exact) mass is 389 g/mol. The molecule has 1 fully saturated rings. The molecule has 2 atom stereocenters. The van der Waals surface area contributed by atoms with E-state index in [4.69, 9.17) is 5.73 Å². The quantitative estimate of drug-likeness (QED) is 0.838. The number of amides is 1. The molecule has 142 valence electrons. The minimum Gasteiger partial charge on any atom is -0.326 e. The molecule has 0 spiro atoms. The average molecular weight is 389 g/mol. The van der Waals surface area contributed by atoms with E-state index in [0.29, 0.717) is 17.7 Å². The molecule has 6 nitrogen and oxygen atoms in total. The highest BCUT2D eigenvalue weighted by Gasteiger charge is 2.39. The van der Waals surface area contributed by atoms with Crippen molar-refractivity contribution in [2.45, 2.75) is 29.7 Å². The number of sulfonamides is 1. The highest BCUT2D eigenvalue weighted by Crippen LogP contribution is 2.34. The fourth-order valence-corrected chi connectivity index (χ4v) is 5.36. The van der Waals surface area contributed by atoms with Gasteiger partial charge in [-0.05, 0) is 29.7 Å². The first-order valence-corrected chi connectivity index (χ1v) is 10.2. The molecular weight excluding hydrogens is 369 g/mol. The van der Waals surface area contributed by atoms with Crippen LogP contribution in [0.3, 0.4) is 0 Å². The van der Waals surface area contributed by atoms with Gasteiger partial charge in [0.15, 0.2) is 0 Å². The number of nitrogens with zero attached hydrogens (tertiary/aromatic N) is 1. The summed E-state index contributed by atoms with van der Waals surface area (Å²) < 4.78 is 42.0. The smallest absolute Gasteiger partial charge is 0.246 e. The molecule has 1 amide bonds. The largest absolute Gasteiger partial charge is 0.326 e. The van der Waals surface area contributed by atoms with E-state index in [-0.39, 0.29) is 42.3 Å². The van der Waals surface area contributed by atoms with Gasteiger partial charge in [0, 0.05) is 37.2 Å². The number of rotatable bonds is 3. The second kappa shape index (κ2) is 6.70. The van der Waals surface area contributed by atoms with Crippen LogP contribution in [0, 0.1) is 5.82 Å². The van der Waals surface area contributed by atoms with Crippen LogP contribution in [-0.4, -0.2) is 37.8 Å². The van der Waals surface area contributed by atoms with Gasteiger partial charge in [0.1, 0.15) is 10.7 Å². The van der Waals surface area contributed by atoms with Crippen LogP contribution in [0.4, 0.5) is 10.1 Å². The summed E-state index contributed by atoms with van der Waals surface area (Å²) in [6, 6.07) is 11.6. The summed E-state index contributed by atoms with van der Waals surface area (Å²) in [5.41, 5.74) is 8.12. The van der Waals surface area contributed by atoms with Crippen LogP contribution >= 0.6 is 0 Å². The highest BCUT2D eigenvalue weighted by atomic mass is 32.2. The molecular formula is C19H20FN3O3S. The number of carbonyl (C=O) groups is 1. The van der Waals surface area contributed by atoms with Gasteiger partial charge in [-0.2, -0.15) is 4.31 Å². The Balaban J connectivity index is 1.65. The Labute approximate surface area is 157 Å². The molecule has 2 aliphatic heterocycles. The van der Waals surface area contributed by atoms with Gasteiger partial charge >= 0.3 is 0 Å². The first-order chi connectivity index (χ1) is 12.9. The van der Waals surface area contributed by atoms with Crippen molar-refractivity contribution >= 4 is 21.6 Å². The molecule has 0 unspecified atom stereocenters. The van der Waals surface area contributed by atoms with Gasteiger partial charge in [0.05, 0.1) is 0 Å². The Kier molecular flexibility index (Phi) is 4.49. The van der Waals surface area contributed by atoms with Crippen LogP contribution < -0.4 is 11.1 Å². The number of hydrogen-bond donors (Lipinski definition) is 2. The summed E-state index contributed by atoms with van der Waals surface area (Å²) in [5.74, 6) is -1.21. The number of carbonyl (C=O) groups excluding carboxylic acids is 1. The van der Waals surface area contributed by atoms with E-state index in [9.17, 15) is 17.6 Å². The maximum absolute atomic E-state index is 14.6. The van der Waals surface area contributed by atoms with Crippen LogP contribution in [0.15, 0.2) is 47.4 Å². The van der Waals surface area contributed by atoms with Gasteiger partial charge in [0.2, 0.25) is 15.9 Å². The van der Waals surface area contributed by atoms with Gasteiger partial charge in [0.25, 0.3) is 0 Å². The lowest BCUT2D eigenvalue weighted by molar-refractivity contribution is -0.116. The van der Waals surface area contributed by atoms with E-state index < -0.39 is 15.8 Å². The zero-order chi connectivity index (χ0) is 19.2. The van der Waals surface area contributed by atoms with Gasteiger partial charge in [-0.3, -0.25) is 4.79 Å². The van der Waals surface area contributed by atoms with E-state index in [0.717, 1.165) is 11.6 Å². The van der Waals surface area contributed by atoms with E-state index in [2.05, 4.69) is 5.32 Å². The van der Waals surface area contributed by atoms with E-state index >= 15 is 0 Å². The van der Waals surface area contributed by atoms with Crippen molar-refractivity contribution < 1.29 is 17.6 Å². The van der Waals surface area contributed by atoms with Gasteiger partial charge in [-0.15, -0.1) is 0 Å². The number of nitrogens with one attached hydrogen (secondary N) is 1. The van der Waals surface area contributed by atoms with Crippen LogP contribution in [0.5, 0.6) is 0 Å². The third kappa shape index (κ3) is 3.24. The molecule has 2 heterocycles. The Bertz CT molecular complexity index is 995. The third-order valence-corrected chi connectivity index (χ3v) is 7.08. The first-order valence-electron chi connectivity index (χ1n) is 8.79. The molecule has 0 saturated carbocycles. The van der Waals surface area contributed by atoms with Crippen molar-refractivity contribution in [1.82, 2.24) is 4.31 Å². The number of hydrogen-bond acceptors (Lipinski definition) is 4. The number of nitrogens with two attached hydrogens (primary N) is 1. The molecule has 8 heteroatoms. The van der Waals surface area contributed by atoms with E-state index in [1.807, 2.05) is 30.3 Å². The summed E-state index contributed by atoms with van der Waals surface area (Å²) in [5, 5.41) is 2.58. The molecule has 0 radical (unpaired) electrons. The molecule has 0 aliphatic carbocycles. The molecule has 1 saturated heterocycles. The topological polar surface area (TPSA) is 92.5 Å². The molecule has 2 aromatic carbocycles. The van der Waals surface area contributed by atoms with Crippen molar-refractivity contribution in [3.8, 4) is 0 Å². The predicted molar refractivity (Wildman–Crippen MR) is 99.3 cm³/mol. The number of benzene rings is 2. The molecule has 2 aromatic rings. The maximum atomic E-state index is 14.6. The second-order valence-electron chi connectivity index (χ2n) is 6.99. The zero-order valence-corrected chi connectivity index (χ0v) is 15.4. The van der Waals surface area contributed by atoms with Gasteiger partial charge < -0.3 is 11.1 Å². The van der Waals surface area contributed by atoms with Crippen LogP contribution in [0.2, 0.25) is 0 Å². The molecule has 0 bridgehead atoms. The molecule has 0 aromatic heterocycles. The first kappa shape index (κ1) is 18.1. The van der Waals surface area contributed by atoms with Crippen molar-refractivity contribution in [3.63, 3.8) is 0 Å². The summed E-state index contributed by atoms with van der Waals surface area (Å²) in [7, 11) is -4.02. The average Bonchev–Trinajstić information content (AvgIpc) is 3.04. The number of anilines is 1. The van der Waals surface area contributed by atoms with Gasteiger partial charge in [-0.1, -0.05) is 30.3 Å². The van der Waals surface area contributed by atoms with Crippen molar-refractivity contribution in [1.29, 1.82) is 0 Å². The maximum Gasteiger partial charge on any atom is 0.246 e. The summed E-state index contributed by atoms with van der Waals surface area (Å²) in [6.07, 6.45) is 0.638. The number of fused-ring (bicyclic) bond motifs is 1. The highest BCUT2D eigenvalue weighted by molar-refractivity contribution is 7.89. The fourth-order valence-electron chi connectivity index (χ4n) is 3.76. The van der Waals surface area contributed by atoms with Crippen molar-refractivity contribution in [3.05, 3.63) is 59.4 Å². The Morgan fingerprint density at radius 2 is 1.85 bits per heavy atom. The molecule has 2 aliphatic rings. The van der Waals surface area contributed by atoms with E-state index in [1.54, 1.807) is 0 Å². The summed E-state index contributed by atoms with van der Waals surface area (Å²) in [6.45, 7) is 0.343. The standard InChI is InChI=1S/C19H20FN3O3S/c20-15-9-17-13(6-7-19(24)22-17)8-18(15)27(25,26)23-10-14(16(21)11-23)12-4-2-1-3-5-12/h1-5,8-9,14,16H,6-7,10-11,21H2,(H,22,24)/t14-,16+/m0/s1. The molecule has 4 rings (SSSR count). The number of halogens is 1. The van der Waals surface area contributed by atoms with Crippen LogP contribution in [0.1, 0.15) is 23.5 Å². The van der Waals surface area contributed by atoms with E-state index in [1.165, 1.54) is 10.4 Å². The minimum atomic E-state index is -4.02.